The first-order valence-corrected chi connectivity index (χ1v) is 6.18. The van der Waals surface area contributed by atoms with Gasteiger partial charge in [0.1, 0.15) is 6.04 Å². The lowest BCUT2D eigenvalue weighted by Gasteiger charge is -2.16. The summed E-state index contributed by atoms with van der Waals surface area (Å²) in [5, 5.41) is 2.85. The van der Waals surface area contributed by atoms with E-state index in [0.717, 1.165) is 5.56 Å². The summed E-state index contributed by atoms with van der Waals surface area (Å²) in [6.07, 6.45) is 0.465. The van der Waals surface area contributed by atoms with E-state index in [1.807, 2.05) is 30.3 Å². The van der Waals surface area contributed by atoms with Crippen LogP contribution in [0.2, 0.25) is 0 Å². The van der Waals surface area contributed by atoms with Crippen LogP contribution in [-0.2, 0) is 25.5 Å². The third-order valence-corrected chi connectivity index (χ3v) is 2.57. The van der Waals surface area contributed by atoms with Crippen LogP contribution in [0.4, 0.5) is 0 Å². The van der Waals surface area contributed by atoms with Crippen LogP contribution in [-0.4, -0.2) is 38.2 Å². The molecule has 1 aromatic rings. The summed E-state index contributed by atoms with van der Waals surface area (Å²) < 4.78 is 9.53. The first-order valence-electron chi connectivity index (χ1n) is 6.18. The average molecular weight is 265 g/mol. The molecule has 5 nitrogen and oxygen atoms in total. The fraction of sp³-hybridized carbons (Fsp3) is 0.429. The molecule has 0 aromatic heterocycles. The van der Waals surface area contributed by atoms with Gasteiger partial charge in [0.2, 0.25) is 0 Å². The van der Waals surface area contributed by atoms with Gasteiger partial charge in [-0.25, -0.2) is 0 Å². The molecule has 0 heterocycles. The van der Waals surface area contributed by atoms with Gasteiger partial charge in [-0.1, -0.05) is 30.3 Å². The van der Waals surface area contributed by atoms with Crippen molar-refractivity contribution in [2.75, 3.05) is 20.3 Å². The average Bonchev–Trinajstić information content (AvgIpc) is 2.44. The number of carbonyl (C=O) groups is 2. The maximum atomic E-state index is 11.6. The quantitative estimate of drug-likeness (QED) is 0.743. The van der Waals surface area contributed by atoms with Crippen molar-refractivity contribution in [2.45, 2.75) is 19.4 Å². The molecule has 5 heteroatoms. The molecule has 0 unspecified atom stereocenters. The van der Waals surface area contributed by atoms with E-state index >= 15 is 0 Å². The van der Waals surface area contributed by atoms with Crippen molar-refractivity contribution in [3.63, 3.8) is 0 Å². The van der Waals surface area contributed by atoms with E-state index in [0.29, 0.717) is 13.0 Å². The molecule has 0 aliphatic heterocycles. The molecule has 0 aliphatic carbocycles. The molecular weight excluding hydrogens is 246 g/mol. The van der Waals surface area contributed by atoms with Crippen LogP contribution in [0.1, 0.15) is 12.5 Å². The standard InChI is InChI=1S/C14H19NO4/c1-3-19-13(16)10-15-12(14(17)18-2)9-11-7-5-4-6-8-11/h4-8,12,15H,3,9-10H2,1-2H3/t12-/m0/s1. The number of hydrogen-bond acceptors (Lipinski definition) is 5. The van der Waals surface area contributed by atoms with Gasteiger partial charge in [-0.2, -0.15) is 0 Å². The van der Waals surface area contributed by atoms with Gasteiger partial charge >= 0.3 is 11.9 Å². The second kappa shape index (κ2) is 8.26. The highest BCUT2D eigenvalue weighted by molar-refractivity contribution is 5.78. The monoisotopic (exact) mass is 265 g/mol. The van der Waals surface area contributed by atoms with E-state index in [2.05, 4.69) is 5.32 Å². The van der Waals surface area contributed by atoms with Crippen LogP contribution < -0.4 is 5.32 Å². The van der Waals surface area contributed by atoms with Crippen molar-refractivity contribution >= 4 is 11.9 Å². The van der Waals surface area contributed by atoms with Gasteiger partial charge in [0.25, 0.3) is 0 Å². The molecule has 0 amide bonds. The molecular formula is C14H19NO4. The second-order valence-corrected chi connectivity index (χ2v) is 3.95. The lowest BCUT2D eigenvalue weighted by Crippen LogP contribution is -2.42. The number of methoxy groups -OCH3 is 1. The normalized spacial score (nSPS) is 11.7. The molecule has 0 radical (unpaired) electrons. The summed E-state index contributed by atoms with van der Waals surface area (Å²) in [6, 6.07) is 8.98. The summed E-state index contributed by atoms with van der Waals surface area (Å²) >= 11 is 0. The zero-order chi connectivity index (χ0) is 14.1. The van der Waals surface area contributed by atoms with E-state index in [9.17, 15) is 9.59 Å². The van der Waals surface area contributed by atoms with Crippen LogP contribution in [0.25, 0.3) is 0 Å². The smallest absolute Gasteiger partial charge is 0.323 e. The number of benzene rings is 1. The number of ether oxygens (including phenoxy) is 2. The summed E-state index contributed by atoms with van der Waals surface area (Å²) in [5.41, 5.74) is 0.995. The van der Waals surface area contributed by atoms with Gasteiger partial charge in [-0.05, 0) is 18.9 Å². The van der Waals surface area contributed by atoms with Gasteiger partial charge < -0.3 is 9.47 Å². The fourth-order valence-corrected chi connectivity index (χ4v) is 1.65. The minimum atomic E-state index is -0.559. The van der Waals surface area contributed by atoms with E-state index in [1.54, 1.807) is 6.92 Å². The zero-order valence-corrected chi connectivity index (χ0v) is 11.2. The van der Waals surface area contributed by atoms with Crippen LogP contribution in [0.5, 0.6) is 0 Å². The fourth-order valence-electron chi connectivity index (χ4n) is 1.65. The van der Waals surface area contributed by atoms with Crippen molar-refractivity contribution in [1.29, 1.82) is 0 Å². The highest BCUT2D eigenvalue weighted by Gasteiger charge is 2.20. The van der Waals surface area contributed by atoms with Crippen molar-refractivity contribution in [2.24, 2.45) is 0 Å². The third kappa shape index (κ3) is 5.52. The SMILES string of the molecule is CCOC(=O)CN[C@@H](Cc1ccccc1)C(=O)OC. The number of nitrogens with one attached hydrogen (secondary N) is 1. The van der Waals surface area contributed by atoms with E-state index < -0.39 is 12.0 Å². The van der Waals surface area contributed by atoms with Gasteiger partial charge in [-0.15, -0.1) is 0 Å². The Hall–Kier alpha value is -1.88. The molecule has 19 heavy (non-hydrogen) atoms. The zero-order valence-electron chi connectivity index (χ0n) is 11.2. The molecule has 0 saturated carbocycles. The molecule has 104 valence electrons. The Bertz CT molecular complexity index is 405. The Balaban J connectivity index is 2.57. The summed E-state index contributed by atoms with van der Waals surface area (Å²) in [7, 11) is 1.33. The number of esters is 2. The maximum Gasteiger partial charge on any atom is 0.323 e. The Kier molecular flexibility index (Phi) is 6.60. The van der Waals surface area contributed by atoms with Crippen molar-refractivity contribution in [1.82, 2.24) is 5.32 Å². The first kappa shape index (κ1) is 15.2. The van der Waals surface area contributed by atoms with Crippen molar-refractivity contribution in [3.05, 3.63) is 35.9 Å². The van der Waals surface area contributed by atoms with Gasteiger partial charge in [0.05, 0.1) is 20.3 Å². The van der Waals surface area contributed by atoms with Crippen LogP contribution in [0.3, 0.4) is 0 Å². The first-order chi connectivity index (χ1) is 9.17. The Morgan fingerprint density at radius 2 is 1.95 bits per heavy atom. The summed E-state index contributed by atoms with van der Waals surface area (Å²) in [6.45, 7) is 2.04. The van der Waals surface area contributed by atoms with E-state index in [1.165, 1.54) is 7.11 Å². The number of carbonyl (C=O) groups excluding carboxylic acids is 2. The Labute approximate surface area is 112 Å². The predicted octanol–water partition coefficient (Wildman–Crippen LogP) is 0.923. The molecule has 1 aromatic carbocycles. The number of rotatable bonds is 7. The predicted molar refractivity (Wildman–Crippen MR) is 70.6 cm³/mol. The summed E-state index contributed by atoms with van der Waals surface area (Å²) in [5.74, 6) is -0.780. The highest BCUT2D eigenvalue weighted by Crippen LogP contribution is 2.04. The molecule has 0 saturated heterocycles. The summed E-state index contributed by atoms with van der Waals surface area (Å²) in [4.78, 5) is 22.9. The minimum Gasteiger partial charge on any atom is -0.468 e. The second-order valence-electron chi connectivity index (χ2n) is 3.95. The lowest BCUT2D eigenvalue weighted by molar-refractivity contribution is -0.144. The molecule has 0 spiro atoms. The van der Waals surface area contributed by atoms with Gasteiger partial charge in [-0.3, -0.25) is 14.9 Å². The van der Waals surface area contributed by atoms with E-state index in [-0.39, 0.29) is 12.5 Å². The molecule has 1 atom stereocenters. The molecule has 1 rings (SSSR count). The van der Waals surface area contributed by atoms with Crippen LogP contribution in [0.15, 0.2) is 30.3 Å². The number of hydrogen-bond donors (Lipinski definition) is 1. The lowest BCUT2D eigenvalue weighted by atomic mass is 10.1. The van der Waals surface area contributed by atoms with Crippen molar-refractivity contribution < 1.29 is 19.1 Å². The van der Waals surface area contributed by atoms with E-state index in [4.69, 9.17) is 9.47 Å². The maximum absolute atomic E-state index is 11.6. The Morgan fingerprint density at radius 3 is 2.53 bits per heavy atom. The van der Waals surface area contributed by atoms with Gasteiger partial charge in [0, 0.05) is 0 Å². The van der Waals surface area contributed by atoms with Crippen LogP contribution in [0, 0.1) is 0 Å². The van der Waals surface area contributed by atoms with Gasteiger partial charge in [0.15, 0.2) is 0 Å². The minimum absolute atomic E-state index is 0.0135. The van der Waals surface area contributed by atoms with Crippen LogP contribution >= 0.6 is 0 Å². The molecule has 0 bridgehead atoms. The molecule has 0 fully saturated rings. The van der Waals surface area contributed by atoms with Crippen molar-refractivity contribution in [3.8, 4) is 0 Å². The highest BCUT2D eigenvalue weighted by atomic mass is 16.5. The largest absolute Gasteiger partial charge is 0.468 e. The third-order valence-electron chi connectivity index (χ3n) is 2.57. The topological polar surface area (TPSA) is 64.6 Å². The Morgan fingerprint density at radius 1 is 1.26 bits per heavy atom. The molecule has 0 aliphatic rings. The molecule has 1 N–H and O–H groups in total.